The fraction of sp³-hybridized carbons (Fsp3) is 0.0556. The summed E-state index contributed by atoms with van der Waals surface area (Å²) < 4.78 is 29.0. The first-order valence-corrected chi connectivity index (χ1v) is 7.99. The zero-order valence-corrected chi connectivity index (χ0v) is 13.1. The van der Waals surface area contributed by atoms with Crippen LogP contribution in [0.2, 0.25) is 0 Å². The number of pyridine rings is 1. The Hall–Kier alpha value is -2.53. The number of rotatable bonds is 2. The van der Waals surface area contributed by atoms with Crippen molar-refractivity contribution in [2.45, 2.75) is 6.92 Å². The van der Waals surface area contributed by atoms with E-state index in [0.717, 1.165) is 28.0 Å². The Kier molecular flexibility index (Phi) is 3.23. The van der Waals surface area contributed by atoms with Gasteiger partial charge in [0.15, 0.2) is 0 Å². The van der Waals surface area contributed by atoms with Gasteiger partial charge in [0.05, 0.1) is 4.88 Å². The van der Waals surface area contributed by atoms with Crippen LogP contribution in [0.15, 0.2) is 54.0 Å². The SMILES string of the molecule is Cc1c(-c2cccs2)nc2ccc(-c3ccc(F)cc3F)cn12. The molecule has 3 heterocycles. The van der Waals surface area contributed by atoms with Gasteiger partial charge in [-0.05, 0) is 42.6 Å². The van der Waals surface area contributed by atoms with Crippen LogP contribution >= 0.6 is 11.3 Å². The molecule has 23 heavy (non-hydrogen) atoms. The average molecular weight is 326 g/mol. The molecule has 0 fully saturated rings. The molecule has 0 N–H and O–H groups in total. The highest BCUT2D eigenvalue weighted by Gasteiger charge is 2.13. The highest BCUT2D eigenvalue weighted by Crippen LogP contribution is 2.30. The Morgan fingerprint density at radius 2 is 1.96 bits per heavy atom. The number of hydrogen-bond acceptors (Lipinski definition) is 2. The topological polar surface area (TPSA) is 17.3 Å². The number of fused-ring (bicyclic) bond motifs is 1. The third kappa shape index (κ3) is 2.33. The maximum Gasteiger partial charge on any atom is 0.137 e. The molecule has 1 aromatic carbocycles. The largest absolute Gasteiger partial charge is 0.303 e. The molecular formula is C18H12F2N2S. The first kappa shape index (κ1) is 14.1. The van der Waals surface area contributed by atoms with Crippen molar-refractivity contribution < 1.29 is 8.78 Å². The van der Waals surface area contributed by atoms with Gasteiger partial charge in [-0.15, -0.1) is 11.3 Å². The molecule has 114 valence electrons. The minimum Gasteiger partial charge on any atom is -0.303 e. The van der Waals surface area contributed by atoms with Crippen molar-refractivity contribution >= 4 is 17.0 Å². The third-order valence-corrected chi connectivity index (χ3v) is 4.73. The van der Waals surface area contributed by atoms with Gasteiger partial charge < -0.3 is 4.40 Å². The van der Waals surface area contributed by atoms with Crippen LogP contribution in [-0.4, -0.2) is 9.38 Å². The summed E-state index contributed by atoms with van der Waals surface area (Å²) in [5.74, 6) is -1.15. The summed E-state index contributed by atoms with van der Waals surface area (Å²) in [7, 11) is 0. The Bertz CT molecular complexity index is 1000. The van der Waals surface area contributed by atoms with E-state index in [1.807, 2.05) is 41.1 Å². The summed E-state index contributed by atoms with van der Waals surface area (Å²) in [5, 5.41) is 2.01. The smallest absolute Gasteiger partial charge is 0.137 e. The van der Waals surface area contributed by atoms with Crippen molar-refractivity contribution in [3.05, 3.63) is 71.4 Å². The highest BCUT2D eigenvalue weighted by molar-refractivity contribution is 7.13. The first-order chi connectivity index (χ1) is 11.1. The van der Waals surface area contributed by atoms with Crippen molar-refractivity contribution in [2.24, 2.45) is 0 Å². The lowest BCUT2D eigenvalue weighted by atomic mass is 10.1. The number of aryl methyl sites for hydroxylation is 1. The summed E-state index contributed by atoms with van der Waals surface area (Å²) in [5.41, 5.74) is 3.79. The normalized spacial score (nSPS) is 11.3. The molecule has 4 aromatic rings. The molecule has 0 amide bonds. The van der Waals surface area contributed by atoms with E-state index < -0.39 is 11.6 Å². The molecule has 0 radical (unpaired) electrons. The fourth-order valence-corrected chi connectivity index (χ4v) is 3.46. The molecule has 0 bridgehead atoms. The zero-order valence-electron chi connectivity index (χ0n) is 12.3. The second kappa shape index (κ2) is 5.28. The molecule has 0 saturated carbocycles. The fourth-order valence-electron chi connectivity index (χ4n) is 2.69. The summed E-state index contributed by atoms with van der Waals surface area (Å²) in [4.78, 5) is 5.74. The van der Waals surface area contributed by atoms with Gasteiger partial charge in [0.2, 0.25) is 0 Å². The average Bonchev–Trinajstić information content (AvgIpc) is 3.15. The van der Waals surface area contributed by atoms with Crippen molar-refractivity contribution in [3.8, 4) is 21.7 Å². The van der Waals surface area contributed by atoms with Gasteiger partial charge >= 0.3 is 0 Å². The number of aromatic nitrogens is 2. The van der Waals surface area contributed by atoms with E-state index in [1.165, 1.54) is 12.1 Å². The Balaban J connectivity index is 1.89. The van der Waals surface area contributed by atoms with Gasteiger partial charge in [-0.25, -0.2) is 13.8 Å². The van der Waals surface area contributed by atoms with Gasteiger partial charge in [0.1, 0.15) is 23.0 Å². The van der Waals surface area contributed by atoms with Crippen molar-refractivity contribution in [3.63, 3.8) is 0 Å². The summed E-state index contributed by atoms with van der Waals surface area (Å²) in [6.07, 6.45) is 1.84. The Labute approximate surface area is 135 Å². The lowest BCUT2D eigenvalue weighted by Gasteiger charge is -2.05. The molecule has 0 aliphatic rings. The summed E-state index contributed by atoms with van der Waals surface area (Å²) in [6.45, 7) is 1.99. The van der Waals surface area contributed by atoms with Crippen molar-refractivity contribution in [2.75, 3.05) is 0 Å². The van der Waals surface area contributed by atoms with E-state index in [-0.39, 0.29) is 0 Å². The van der Waals surface area contributed by atoms with Crippen molar-refractivity contribution in [1.82, 2.24) is 9.38 Å². The lowest BCUT2D eigenvalue weighted by molar-refractivity contribution is 0.585. The van der Waals surface area contributed by atoms with Crippen LogP contribution in [-0.2, 0) is 0 Å². The molecule has 0 unspecified atom stereocenters. The van der Waals surface area contributed by atoms with Crippen LogP contribution < -0.4 is 0 Å². The highest BCUT2D eigenvalue weighted by atomic mass is 32.1. The van der Waals surface area contributed by atoms with E-state index in [0.29, 0.717) is 11.1 Å². The number of halogens is 2. The van der Waals surface area contributed by atoms with Gasteiger partial charge in [-0.2, -0.15) is 0 Å². The van der Waals surface area contributed by atoms with Crippen molar-refractivity contribution in [1.29, 1.82) is 0 Å². The minimum atomic E-state index is -0.578. The van der Waals surface area contributed by atoms with E-state index >= 15 is 0 Å². The van der Waals surface area contributed by atoms with E-state index in [4.69, 9.17) is 0 Å². The maximum atomic E-state index is 14.0. The third-order valence-electron chi connectivity index (χ3n) is 3.85. The minimum absolute atomic E-state index is 0.374. The molecule has 2 nitrogen and oxygen atoms in total. The summed E-state index contributed by atoms with van der Waals surface area (Å²) >= 11 is 1.63. The van der Waals surface area contributed by atoms with Crippen LogP contribution in [0.1, 0.15) is 5.69 Å². The quantitative estimate of drug-likeness (QED) is 0.487. The number of imidazole rings is 1. The zero-order chi connectivity index (χ0) is 16.0. The van der Waals surface area contributed by atoms with E-state index in [2.05, 4.69) is 4.98 Å². The number of thiophene rings is 1. The van der Waals surface area contributed by atoms with Crippen LogP contribution in [0.3, 0.4) is 0 Å². The molecule has 0 saturated heterocycles. The molecule has 0 aliphatic carbocycles. The predicted octanol–water partition coefficient (Wildman–Crippen LogP) is 5.32. The first-order valence-electron chi connectivity index (χ1n) is 7.11. The van der Waals surface area contributed by atoms with Gasteiger partial charge in [-0.1, -0.05) is 6.07 Å². The lowest BCUT2D eigenvalue weighted by Crippen LogP contribution is -1.92. The number of nitrogens with zero attached hydrogens (tertiary/aromatic N) is 2. The van der Waals surface area contributed by atoms with Gasteiger partial charge in [0, 0.05) is 29.1 Å². The van der Waals surface area contributed by atoms with E-state index in [1.54, 1.807) is 17.4 Å². The summed E-state index contributed by atoms with van der Waals surface area (Å²) in [6, 6.07) is 11.3. The molecular weight excluding hydrogens is 314 g/mol. The molecule has 4 rings (SSSR count). The second-order valence-electron chi connectivity index (χ2n) is 5.29. The van der Waals surface area contributed by atoms with Gasteiger partial charge in [0.25, 0.3) is 0 Å². The molecule has 5 heteroatoms. The van der Waals surface area contributed by atoms with Crippen LogP contribution in [0.25, 0.3) is 27.3 Å². The number of hydrogen-bond donors (Lipinski definition) is 0. The monoisotopic (exact) mass is 326 g/mol. The van der Waals surface area contributed by atoms with Gasteiger partial charge in [-0.3, -0.25) is 0 Å². The maximum absolute atomic E-state index is 14.0. The van der Waals surface area contributed by atoms with E-state index in [9.17, 15) is 8.78 Å². The van der Waals surface area contributed by atoms with Crippen LogP contribution in [0.5, 0.6) is 0 Å². The Morgan fingerprint density at radius 3 is 2.70 bits per heavy atom. The predicted molar refractivity (Wildman–Crippen MR) is 88.6 cm³/mol. The molecule has 3 aromatic heterocycles. The molecule has 0 atom stereocenters. The number of benzene rings is 1. The molecule has 0 spiro atoms. The van der Waals surface area contributed by atoms with Crippen LogP contribution in [0.4, 0.5) is 8.78 Å². The second-order valence-corrected chi connectivity index (χ2v) is 6.24. The standard InChI is InChI=1S/C18H12F2N2S/c1-11-18(16-3-2-8-23-16)21-17-7-4-12(10-22(11)17)14-6-5-13(19)9-15(14)20/h2-10H,1H3. The molecule has 0 aliphatic heterocycles. The Morgan fingerprint density at radius 1 is 1.09 bits per heavy atom. The van der Waals surface area contributed by atoms with Crippen LogP contribution in [0, 0.1) is 18.6 Å².